The molecule has 0 aliphatic rings. The summed E-state index contributed by atoms with van der Waals surface area (Å²) in [6, 6.07) is 0. The highest BCUT2D eigenvalue weighted by Gasteiger charge is 1.78. The second kappa shape index (κ2) is 7.74. The SMILES string of the molecule is O/C=C/SOS/C=C/O. The molecule has 0 heterocycles. The highest BCUT2D eigenvalue weighted by atomic mass is 32.2. The van der Waals surface area contributed by atoms with Gasteiger partial charge in [0.25, 0.3) is 0 Å². The molecule has 0 spiro atoms. The van der Waals surface area contributed by atoms with Gasteiger partial charge in [-0.2, -0.15) is 0 Å². The van der Waals surface area contributed by atoms with Crippen molar-refractivity contribution < 1.29 is 13.8 Å². The molecule has 0 bridgehead atoms. The first kappa shape index (κ1) is 8.74. The maximum atomic E-state index is 8.06. The Morgan fingerprint density at radius 1 is 1.00 bits per heavy atom. The normalized spacial score (nSPS) is 11.6. The Kier molecular flexibility index (Phi) is 7.52. The van der Waals surface area contributed by atoms with Gasteiger partial charge in [-0.05, 0) is 0 Å². The summed E-state index contributed by atoms with van der Waals surface area (Å²) in [5, 5.41) is 18.8. The van der Waals surface area contributed by atoms with Gasteiger partial charge in [-0.15, -0.1) is 0 Å². The molecular formula is C4H6O3S2. The highest BCUT2D eigenvalue weighted by Crippen LogP contribution is 2.15. The number of aliphatic hydroxyl groups is 2. The van der Waals surface area contributed by atoms with Gasteiger partial charge in [-0.25, -0.2) is 3.63 Å². The molecule has 0 saturated heterocycles. The summed E-state index contributed by atoms with van der Waals surface area (Å²) in [6.45, 7) is 0. The van der Waals surface area contributed by atoms with Crippen LogP contribution in [-0.4, -0.2) is 10.2 Å². The van der Waals surface area contributed by atoms with E-state index in [1.165, 1.54) is 10.8 Å². The van der Waals surface area contributed by atoms with Gasteiger partial charge >= 0.3 is 0 Å². The molecule has 0 unspecified atom stereocenters. The third kappa shape index (κ3) is 7.74. The largest absolute Gasteiger partial charge is 0.515 e. The Balaban J connectivity index is 2.91. The summed E-state index contributed by atoms with van der Waals surface area (Å²) < 4.78 is 4.65. The molecule has 0 fully saturated rings. The highest BCUT2D eigenvalue weighted by molar-refractivity contribution is 8.10. The number of aliphatic hydroxyl groups excluding tert-OH is 2. The molecule has 52 valence electrons. The number of rotatable bonds is 4. The van der Waals surface area contributed by atoms with Gasteiger partial charge in [0.05, 0.1) is 12.5 Å². The van der Waals surface area contributed by atoms with Gasteiger partial charge in [0.15, 0.2) is 0 Å². The summed E-state index contributed by atoms with van der Waals surface area (Å²) >= 11 is 1.93. The monoisotopic (exact) mass is 166 g/mol. The quantitative estimate of drug-likeness (QED) is 0.381. The van der Waals surface area contributed by atoms with Crippen LogP contribution in [0.15, 0.2) is 23.3 Å². The lowest BCUT2D eigenvalue weighted by Crippen LogP contribution is -1.55. The predicted octanol–water partition coefficient (Wildman–Crippen LogP) is 2.36. The van der Waals surface area contributed by atoms with Gasteiger partial charge in [-0.3, -0.25) is 0 Å². The van der Waals surface area contributed by atoms with Gasteiger partial charge < -0.3 is 10.2 Å². The fraction of sp³-hybridized carbons (Fsp3) is 0. The van der Waals surface area contributed by atoms with Crippen LogP contribution in [0.1, 0.15) is 0 Å². The van der Waals surface area contributed by atoms with Crippen LogP contribution < -0.4 is 0 Å². The second-order valence-corrected chi connectivity index (χ2v) is 2.30. The van der Waals surface area contributed by atoms with Crippen LogP contribution in [0.4, 0.5) is 0 Å². The standard InChI is InChI=1S/C4H6O3S2/c5-1-3-8-7-9-4-2-6/h1-6H/b3-1+,4-2+. The first-order valence-electron chi connectivity index (χ1n) is 1.99. The van der Waals surface area contributed by atoms with Gasteiger partial charge in [0.1, 0.15) is 0 Å². The Hall–Kier alpha value is -0.260. The third-order valence-electron chi connectivity index (χ3n) is 0.311. The first-order chi connectivity index (χ1) is 4.41. The Morgan fingerprint density at radius 2 is 1.44 bits per heavy atom. The van der Waals surface area contributed by atoms with E-state index in [9.17, 15) is 0 Å². The summed E-state index contributed by atoms with van der Waals surface area (Å²) in [5.74, 6) is 0. The molecule has 0 aliphatic carbocycles. The maximum absolute atomic E-state index is 8.06. The van der Waals surface area contributed by atoms with Crippen molar-refractivity contribution in [1.29, 1.82) is 0 Å². The van der Waals surface area contributed by atoms with Crippen LogP contribution in [0.3, 0.4) is 0 Å². The van der Waals surface area contributed by atoms with E-state index in [0.717, 1.165) is 36.6 Å². The average molecular weight is 166 g/mol. The minimum absolute atomic E-state index is 0.869. The van der Waals surface area contributed by atoms with Crippen LogP contribution in [0.2, 0.25) is 0 Å². The van der Waals surface area contributed by atoms with Crippen LogP contribution in [0.25, 0.3) is 0 Å². The van der Waals surface area contributed by atoms with Gasteiger partial charge in [0.2, 0.25) is 0 Å². The van der Waals surface area contributed by atoms with Crippen molar-refractivity contribution >= 4 is 24.1 Å². The lowest BCUT2D eigenvalue weighted by atomic mass is 11.2. The van der Waals surface area contributed by atoms with Crippen molar-refractivity contribution in [2.45, 2.75) is 0 Å². The van der Waals surface area contributed by atoms with Crippen LogP contribution in [-0.2, 0) is 3.63 Å². The van der Waals surface area contributed by atoms with E-state index in [1.54, 1.807) is 0 Å². The minimum Gasteiger partial charge on any atom is -0.515 e. The zero-order valence-corrected chi connectivity index (χ0v) is 6.06. The number of hydrogen-bond acceptors (Lipinski definition) is 5. The molecule has 0 aliphatic heterocycles. The Morgan fingerprint density at radius 3 is 1.78 bits per heavy atom. The number of hydrogen-bond donors (Lipinski definition) is 2. The lowest BCUT2D eigenvalue weighted by molar-refractivity contribution is 0.475. The van der Waals surface area contributed by atoms with E-state index in [1.807, 2.05) is 0 Å². The molecular weight excluding hydrogens is 160 g/mol. The third-order valence-corrected chi connectivity index (χ3v) is 1.41. The average Bonchev–Trinajstić information content (AvgIpc) is 1.89. The minimum atomic E-state index is 0.869. The lowest BCUT2D eigenvalue weighted by Gasteiger charge is -1.86. The van der Waals surface area contributed by atoms with E-state index < -0.39 is 0 Å². The molecule has 0 radical (unpaired) electrons. The first-order valence-corrected chi connectivity index (χ1v) is 3.60. The van der Waals surface area contributed by atoms with Crippen LogP contribution >= 0.6 is 24.1 Å². The zero-order chi connectivity index (χ0) is 6.95. The Labute approximate surface area is 61.8 Å². The fourth-order valence-corrected chi connectivity index (χ4v) is 0.761. The van der Waals surface area contributed by atoms with Crippen molar-refractivity contribution in [2.75, 3.05) is 0 Å². The summed E-state index contributed by atoms with van der Waals surface area (Å²) in [7, 11) is 0. The Bertz CT molecular complexity index is 90.0. The van der Waals surface area contributed by atoms with E-state index in [4.69, 9.17) is 10.2 Å². The summed E-state index contributed by atoms with van der Waals surface area (Å²) in [4.78, 5) is 0. The van der Waals surface area contributed by atoms with Crippen molar-refractivity contribution in [2.24, 2.45) is 0 Å². The van der Waals surface area contributed by atoms with Crippen molar-refractivity contribution in [3.05, 3.63) is 23.3 Å². The second-order valence-electron chi connectivity index (χ2n) is 0.831. The summed E-state index contributed by atoms with van der Waals surface area (Å²) in [5.41, 5.74) is 0. The van der Waals surface area contributed by atoms with E-state index in [2.05, 4.69) is 3.63 Å². The topological polar surface area (TPSA) is 49.7 Å². The van der Waals surface area contributed by atoms with Crippen molar-refractivity contribution in [3.8, 4) is 0 Å². The molecule has 3 nitrogen and oxygen atoms in total. The smallest absolute Gasteiger partial charge is 0.0878 e. The predicted molar refractivity (Wildman–Crippen MR) is 39.8 cm³/mol. The van der Waals surface area contributed by atoms with Gasteiger partial charge in [-0.1, -0.05) is 0 Å². The van der Waals surface area contributed by atoms with Crippen molar-refractivity contribution in [3.63, 3.8) is 0 Å². The summed E-state index contributed by atoms with van der Waals surface area (Å²) in [6.07, 6.45) is 1.74. The molecule has 0 amide bonds. The van der Waals surface area contributed by atoms with Crippen molar-refractivity contribution in [1.82, 2.24) is 0 Å². The zero-order valence-electron chi connectivity index (χ0n) is 4.43. The van der Waals surface area contributed by atoms with E-state index in [-0.39, 0.29) is 0 Å². The molecule has 0 rings (SSSR count). The molecule has 5 heteroatoms. The molecule has 0 aromatic carbocycles. The van der Waals surface area contributed by atoms with Crippen LogP contribution in [0.5, 0.6) is 0 Å². The van der Waals surface area contributed by atoms with E-state index >= 15 is 0 Å². The fourth-order valence-electron chi connectivity index (χ4n) is 0.118. The van der Waals surface area contributed by atoms with Crippen LogP contribution in [0, 0.1) is 0 Å². The molecule has 0 saturated carbocycles. The molecule has 9 heavy (non-hydrogen) atoms. The van der Waals surface area contributed by atoms with E-state index in [0.29, 0.717) is 0 Å². The molecule has 0 aromatic heterocycles. The molecule has 0 atom stereocenters. The molecule has 0 aromatic rings. The maximum Gasteiger partial charge on any atom is 0.0878 e. The molecule has 2 N–H and O–H groups in total. The van der Waals surface area contributed by atoms with Gasteiger partial charge in [0, 0.05) is 34.9 Å².